The van der Waals surface area contributed by atoms with Gasteiger partial charge in [0.1, 0.15) is 6.26 Å². The number of nitrogens with two attached hydrogens (primary N) is 1. The molecule has 0 saturated heterocycles. The molecule has 1 atom stereocenters. The first kappa shape index (κ1) is 10.7. The van der Waals surface area contributed by atoms with Gasteiger partial charge in [0.2, 0.25) is 5.91 Å². The minimum atomic E-state index is -0.0560. The summed E-state index contributed by atoms with van der Waals surface area (Å²) in [6.45, 7) is 1.93. The van der Waals surface area contributed by atoms with Crippen molar-refractivity contribution in [2.75, 3.05) is 5.32 Å². The maximum atomic E-state index is 11.3. The zero-order chi connectivity index (χ0) is 10.4. The van der Waals surface area contributed by atoms with Gasteiger partial charge in [0.25, 0.3) is 0 Å². The molecule has 1 amide bonds. The van der Waals surface area contributed by atoms with Gasteiger partial charge in [-0.25, -0.2) is 0 Å². The molecule has 5 nitrogen and oxygen atoms in total. The van der Waals surface area contributed by atoms with Gasteiger partial charge in [0.05, 0.1) is 0 Å². The average Bonchev–Trinajstić information content (AvgIpc) is 2.56. The van der Waals surface area contributed by atoms with Crippen LogP contribution in [0.1, 0.15) is 26.2 Å². The van der Waals surface area contributed by atoms with Crippen molar-refractivity contribution in [2.45, 2.75) is 32.2 Å². The first-order valence-corrected chi connectivity index (χ1v) is 4.64. The summed E-state index contributed by atoms with van der Waals surface area (Å²) in [4.78, 5) is 11.3. The van der Waals surface area contributed by atoms with E-state index >= 15 is 0 Å². The van der Waals surface area contributed by atoms with Crippen LogP contribution in [0.25, 0.3) is 0 Å². The summed E-state index contributed by atoms with van der Waals surface area (Å²) < 4.78 is 4.57. The Bertz CT molecular complexity index is 270. The largest absolute Gasteiger partial charge is 0.363 e. The highest BCUT2D eigenvalue weighted by Gasteiger charge is 2.04. The first-order valence-electron chi connectivity index (χ1n) is 4.64. The zero-order valence-corrected chi connectivity index (χ0v) is 8.19. The van der Waals surface area contributed by atoms with Crippen LogP contribution in [-0.4, -0.2) is 17.1 Å². The second-order valence-corrected chi connectivity index (χ2v) is 3.30. The van der Waals surface area contributed by atoms with Crippen molar-refractivity contribution in [3.63, 3.8) is 0 Å². The molecule has 3 N–H and O–H groups in total. The molecule has 1 unspecified atom stereocenters. The molecule has 0 spiro atoms. The molecule has 0 fully saturated rings. The fraction of sp³-hybridized carbons (Fsp3) is 0.556. The molecule has 5 heteroatoms. The van der Waals surface area contributed by atoms with E-state index in [9.17, 15) is 4.79 Å². The summed E-state index contributed by atoms with van der Waals surface area (Å²) in [7, 11) is 0. The van der Waals surface area contributed by atoms with E-state index < -0.39 is 0 Å². The molecular formula is C9H15N3O2. The van der Waals surface area contributed by atoms with E-state index in [2.05, 4.69) is 15.0 Å². The van der Waals surface area contributed by atoms with Gasteiger partial charge in [-0.1, -0.05) is 5.16 Å². The Balaban J connectivity index is 2.17. The van der Waals surface area contributed by atoms with Crippen molar-refractivity contribution in [3.05, 3.63) is 12.3 Å². The second kappa shape index (κ2) is 5.39. The number of aromatic nitrogens is 1. The van der Waals surface area contributed by atoms with Gasteiger partial charge in [-0.15, -0.1) is 0 Å². The molecule has 0 aliphatic rings. The van der Waals surface area contributed by atoms with Gasteiger partial charge >= 0.3 is 0 Å². The fourth-order valence-electron chi connectivity index (χ4n) is 1.07. The molecule has 1 aromatic rings. The Morgan fingerprint density at radius 3 is 3.14 bits per heavy atom. The van der Waals surface area contributed by atoms with E-state index in [4.69, 9.17) is 5.73 Å². The van der Waals surface area contributed by atoms with Crippen LogP contribution in [0.5, 0.6) is 0 Å². The molecule has 14 heavy (non-hydrogen) atoms. The Labute approximate surface area is 82.6 Å². The van der Waals surface area contributed by atoms with Crippen LogP contribution >= 0.6 is 0 Å². The normalized spacial score (nSPS) is 12.4. The van der Waals surface area contributed by atoms with Crippen molar-refractivity contribution in [2.24, 2.45) is 5.73 Å². The minimum absolute atomic E-state index is 0.0560. The Morgan fingerprint density at radius 2 is 2.57 bits per heavy atom. The lowest BCUT2D eigenvalue weighted by Gasteiger charge is -2.03. The van der Waals surface area contributed by atoms with Gasteiger partial charge in [-0.05, 0) is 19.8 Å². The van der Waals surface area contributed by atoms with Crippen molar-refractivity contribution in [1.82, 2.24) is 5.16 Å². The molecule has 0 saturated carbocycles. The lowest BCUT2D eigenvalue weighted by molar-refractivity contribution is -0.116. The first-order chi connectivity index (χ1) is 6.68. The maximum absolute atomic E-state index is 11.3. The van der Waals surface area contributed by atoms with Gasteiger partial charge < -0.3 is 15.6 Å². The lowest BCUT2D eigenvalue weighted by atomic mass is 10.1. The smallest absolute Gasteiger partial charge is 0.225 e. The monoisotopic (exact) mass is 197 g/mol. The Kier molecular flexibility index (Phi) is 4.12. The molecular weight excluding hydrogens is 182 g/mol. The van der Waals surface area contributed by atoms with Crippen LogP contribution in [0.2, 0.25) is 0 Å². The van der Waals surface area contributed by atoms with Gasteiger partial charge in [0, 0.05) is 18.5 Å². The zero-order valence-electron chi connectivity index (χ0n) is 8.19. The lowest BCUT2D eigenvalue weighted by Crippen LogP contribution is -2.16. The Hall–Kier alpha value is -1.36. The summed E-state index contributed by atoms with van der Waals surface area (Å²) in [6, 6.07) is 1.75. The summed E-state index contributed by atoms with van der Waals surface area (Å²) in [5.41, 5.74) is 5.56. The van der Waals surface area contributed by atoms with Crippen molar-refractivity contribution in [1.29, 1.82) is 0 Å². The number of hydrogen-bond acceptors (Lipinski definition) is 4. The predicted octanol–water partition coefficient (Wildman–Crippen LogP) is 1.13. The van der Waals surface area contributed by atoms with Crippen LogP contribution in [0.3, 0.4) is 0 Å². The number of hydrogen-bond donors (Lipinski definition) is 2. The molecule has 1 heterocycles. The topological polar surface area (TPSA) is 81.2 Å². The quantitative estimate of drug-likeness (QED) is 0.741. The van der Waals surface area contributed by atoms with E-state index in [0.29, 0.717) is 12.2 Å². The number of amides is 1. The predicted molar refractivity (Wildman–Crippen MR) is 52.6 cm³/mol. The van der Waals surface area contributed by atoms with Crippen molar-refractivity contribution >= 4 is 11.7 Å². The van der Waals surface area contributed by atoms with Crippen LogP contribution in [-0.2, 0) is 4.79 Å². The summed E-state index contributed by atoms with van der Waals surface area (Å²) >= 11 is 0. The number of nitrogens with one attached hydrogen (secondary N) is 1. The number of carbonyl (C=O) groups excluding carboxylic acids is 1. The molecule has 0 aliphatic heterocycles. The highest BCUT2D eigenvalue weighted by molar-refractivity contribution is 5.89. The summed E-state index contributed by atoms with van der Waals surface area (Å²) in [6.07, 6.45) is 3.53. The molecule has 78 valence electrons. The molecule has 1 rings (SSSR count). The minimum Gasteiger partial charge on any atom is -0.363 e. The average molecular weight is 197 g/mol. The van der Waals surface area contributed by atoms with E-state index in [0.717, 1.165) is 12.8 Å². The third-order valence-electron chi connectivity index (χ3n) is 1.77. The molecule has 1 aromatic heterocycles. The number of anilines is 1. The van der Waals surface area contributed by atoms with E-state index in [1.807, 2.05) is 6.92 Å². The fourth-order valence-corrected chi connectivity index (χ4v) is 1.07. The highest BCUT2D eigenvalue weighted by atomic mass is 16.5. The van der Waals surface area contributed by atoms with Crippen LogP contribution in [0, 0.1) is 0 Å². The third kappa shape index (κ3) is 4.04. The summed E-state index contributed by atoms with van der Waals surface area (Å²) in [5.74, 6) is 0.398. The van der Waals surface area contributed by atoms with Crippen LogP contribution in [0.15, 0.2) is 16.9 Å². The van der Waals surface area contributed by atoms with Gasteiger partial charge in [-0.3, -0.25) is 4.79 Å². The highest BCUT2D eigenvalue weighted by Crippen LogP contribution is 2.04. The number of rotatable bonds is 5. The van der Waals surface area contributed by atoms with Gasteiger partial charge in [-0.2, -0.15) is 0 Å². The van der Waals surface area contributed by atoms with E-state index in [1.165, 1.54) is 6.26 Å². The van der Waals surface area contributed by atoms with Crippen molar-refractivity contribution in [3.8, 4) is 0 Å². The standard InChI is InChI=1S/C9H15N3O2/c1-7(10)3-2-4-9(13)11-8-5-6-14-12-8/h5-7H,2-4,10H2,1H3,(H,11,12,13). The number of nitrogens with zero attached hydrogens (tertiary/aromatic N) is 1. The van der Waals surface area contributed by atoms with Crippen LogP contribution < -0.4 is 11.1 Å². The Morgan fingerprint density at radius 1 is 1.79 bits per heavy atom. The van der Waals surface area contributed by atoms with Crippen LogP contribution in [0.4, 0.5) is 5.82 Å². The third-order valence-corrected chi connectivity index (χ3v) is 1.77. The second-order valence-electron chi connectivity index (χ2n) is 3.30. The summed E-state index contributed by atoms with van der Waals surface area (Å²) in [5, 5.41) is 6.18. The molecule has 0 radical (unpaired) electrons. The van der Waals surface area contributed by atoms with E-state index in [1.54, 1.807) is 6.07 Å². The molecule has 0 aromatic carbocycles. The SMILES string of the molecule is CC(N)CCCC(=O)Nc1ccon1. The van der Waals surface area contributed by atoms with E-state index in [-0.39, 0.29) is 11.9 Å². The molecule has 0 aliphatic carbocycles. The maximum Gasteiger partial charge on any atom is 0.225 e. The van der Waals surface area contributed by atoms with Gasteiger partial charge in [0.15, 0.2) is 5.82 Å². The van der Waals surface area contributed by atoms with Crippen molar-refractivity contribution < 1.29 is 9.32 Å². The number of carbonyl (C=O) groups is 1. The molecule has 0 bridgehead atoms.